The predicted octanol–water partition coefficient (Wildman–Crippen LogP) is 3.94. The van der Waals surface area contributed by atoms with Gasteiger partial charge in [0.1, 0.15) is 0 Å². The number of nitrogens with one attached hydrogen (secondary N) is 2. The molecule has 0 bridgehead atoms. The first-order valence-electron chi connectivity index (χ1n) is 9.13. The van der Waals surface area contributed by atoms with Crippen LogP contribution in [0.1, 0.15) is 29.4 Å². The monoisotopic (exact) mass is 376 g/mol. The van der Waals surface area contributed by atoms with Crippen LogP contribution in [0.5, 0.6) is 0 Å². The summed E-state index contributed by atoms with van der Waals surface area (Å²) in [5, 5.41) is 10.3. The fourth-order valence-corrected chi connectivity index (χ4v) is 3.14. The highest BCUT2D eigenvalue weighted by atomic mass is 16.2. The lowest BCUT2D eigenvalue weighted by molar-refractivity contribution is -0.116. The van der Waals surface area contributed by atoms with Crippen LogP contribution in [0.25, 0.3) is 5.69 Å². The molecule has 0 saturated heterocycles. The Morgan fingerprint density at radius 3 is 2.39 bits per heavy atom. The van der Waals surface area contributed by atoms with E-state index in [0.717, 1.165) is 28.2 Å². The summed E-state index contributed by atoms with van der Waals surface area (Å²) in [5.41, 5.74) is 5.92. The van der Waals surface area contributed by atoms with Gasteiger partial charge in [0.2, 0.25) is 11.8 Å². The summed E-state index contributed by atoms with van der Waals surface area (Å²) in [6.07, 6.45) is 0.230. The molecule has 2 N–H and O–H groups in total. The standard InChI is InChI=1S/C22H24N4O2/c1-14-10-11-18(12-21(14)23-17(4)27)24-22(28)13-20-15(2)25-26(16(20)3)19-8-6-5-7-9-19/h5-12H,13H2,1-4H3,(H,23,27)(H,24,28). The third kappa shape index (κ3) is 4.28. The first-order chi connectivity index (χ1) is 13.3. The van der Waals surface area contributed by atoms with Crippen LogP contribution in [-0.2, 0) is 16.0 Å². The van der Waals surface area contributed by atoms with Crippen LogP contribution in [0.15, 0.2) is 48.5 Å². The number of para-hydroxylation sites is 1. The molecule has 0 aliphatic rings. The molecule has 0 atom stereocenters. The third-order valence-electron chi connectivity index (χ3n) is 4.61. The maximum absolute atomic E-state index is 12.6. The quantitative estimate of drug-likeness (QED) is 0.708. The number of nitrogens with zero attached hydrogens (tertiary/aromatic N) is 2. The van der Waals surface area contributed by atoms with Gasteiger partial charge in [-0.05, 0) is 50.6 Å². The van der Waals surface area contributed by atoms with Crippen molar-refractivity contribution in [3.63, 3.8) is 0 Å². The van der Waals surface area contributed by atoms with Crippen LogP contribution in [0.4, 0.5) is 11.4 Å². The van der Waals surface area contributed by atoms with Crippen LogP contribution < -0.4 is 10.6 Å². The maximum atomic E-state index is 12.6. The van der Waals surface area contributed by atoms with Crippen molar-refractivity contribution in [1.82, 2.24) is 9.78 Å². The highest BCUT2D eigenvalue weighted by Gasteiger charge is 2.16. The zero-order valence-electron chi connectivity index (χ0n) is 16.5. The first kappa shape index (κ1) is 19.4. The van der Waals surface area contributed by atoms with Crippen molar-refractivity contribution >= 4 is 23.2 Å². The highest BCUT2D eigenvalue weighted by Crippen LogP contribution is 2.22. The molecule has 6 nitrogen and oxygen atoms in total. The Balaban J connectivity index is 1.77. The van der Waals surface area contributed by atoms with Crippen LogP contribution in [0.3, 0.4) is 0 Å². The molecular formula is C22H24N4O2. The average molecular weight is 376 g/mol. The van der Waals surface area contributed by atoms with Gasteiger partial charge in [-0.1, -0.05) is 24.3 Å². The number of carbonyl (C=O) groups is 2. The van der Waals surface area contributed by atoms with E-state index in [-0.39, 0.29) is 18.2 Å². The molecule has 1 aromatic heterocycles. The molecule has 6 heteroatoms. The molecular weight excluding hydrogens is 352 g/mol. The van der Waals surface area contributed by atoms with Crippen LogP contribution in [-0.4, -0.2) is 21.6 Å². The Bertz CT molecular complexity index is 1020. The average Bonchev–Trinajstić information content (AvgIpc) is 2.93. The van der Waals surface area contributed by atoms with Gasteiger partial charge in [-0.25, -0.2) is 4.68 Å². The summed E-state index contributed by atoms with van der Waals surface area (Å²) in [5.74, 6) is -0.275. The number of anilines is 2. The minimum absolute atomic E-state index is 0.128. The van der Waals surface area contributed by atoms with Gasteiger partial charge in [0.25, 0.3) is 0 Å². The normalized spacial score (nSPS) is 10.6. The van der Waals surface area contributed by atoms with Crippen LogP contribution in [0, 0.1) is 20.8 Å². The molecule has 2 aromatic carbocycles. The number of hydrogen-bond donors (Lipinski definition) is 2. The van der Waals surface area contributed by atoms with Gasteiger partial charge in [0.05, 0.1) is 17.8 Å². The van der Waals surface area contributed by atoms with E-state index >= 15 is 0 Å². The van der Waals surface area contributed by atoms with E-state index in [1.165, 1.54) is 6.92 Å². The molecule has 0 aliphatic carbocycles. The first-order valence-corrected chi connectivity index (χ1v) is 9.13. The van der Waals surface area contributed by atoms with Crippen molar-refractivity contribution in [1.29, 1.82) is 0 Å². The number of aromatic nitrogens is 2. The predicted molar refractivity (Wildman–Crippen MR) is 111 cm³/mol. The largest absolute Gasteiger partial charge is 0.326 e. The van der Waals surface area contributed by atoms with Crippen molar-refractivity contribution in [2.75, 3.05) is 10.6 Å². The van der Waals surface area contributed by atoms with E-state index in [4.69, 9.17) is 0 Å². The Morgan fingerprint density at radius 2 is 1.71 bits per heavy atom. The number of rotatable bonds is 5. The molecule has 0 radical (unpaired) electrons. The molecule has 0 saturated carbocycles. The minimum atomic E-state index is -0.147. The summed E-state index contributed by atoms with van der Waals surface area (Å²) in [4.78, 5) is 23.9. The zero-order chi connectivity index (χ0) is 20.3. The van der Waals surface area contributed by atoms with Crippen molar-refractivity contribution < 1.29 is 9.59 Å². The van der Waals surface area contributed by atoms with Gasteiger partial charge in [-0.3, -0.25) is 9.59 Å². The van der Waals surface area contributed by atoms with Gasteiger partial charge in [0.15, 0.2) is 0 Å². The van der Waals surface area contributed by atoms with Crippen LogP contribution in [0.2, 0.25) is 0 Å². The van der Waals surface area contributed by atoms with E-state index in [9.17, 15) is 9.59 Å². The molecule has 144 valence electrons. The molecule has 0 fully saturated rings. The second-order valence-corrected chi connectivity index (χ2v) is 6.83. The fourth-order valence-electron chi connectivity index (χ4n) is 3.14. The molecule has 3 aromatic rings. The molecule has 28 heavy (non-hydrogen) atoms. The molecule has 3 rings (SSSR count). The number of aryl methyl sites for hydroxylation is 2. The van der Waals surface area contributed by atoms with Gasteiger partial charge < -0.3 is 10.6 Å². The fraction of sp³-hybridized carbons (Fsp3) is 0.227. The molecule has 2 amide bonds. The minimum Gasteiger partial charge on any atom is -0.326 e. The van der Waals surface area contributed by atoms with Crippen LogP contribution >= 0.6 is 0 Å². The van der Waals surface area contributed by atoms with Gasteiger partial charge in [0, 0.05) is 29.6 Å². The van der Waals surface area contributed by atoms with E-state index in [0.29, 0.717) is 11.4 Å². The lowest BCUT2D eigenvalue weighted by Gasteiger charge is -2.11. The van der Waals surface area contributed by atoms with E-state index in [1.807, 2.05) is 67.9 Å². The molecule has 0 aliphatic heterocycles. The summed E-state index contributed by atoms with van der Waals surface area (Å²) >= 11 is 0. The Morgan fingerprint density at radius 1 is 1.00 bits per heavy atom. The summed E-state index contributed by atoms with van der Waals surface area (Å²) < 4.78 is 1.86. The zero-order valence-corrected chi connectivity index (χ0v) is 16.5. The lowest BCUT2D eigenvalue weighted by atomic mass is 10.1. The van der Waals surface area contributed by atoms with E-state index in [1.54, 1.807) is 6.07 Å². The number of carbonyl (C=O) groups excluding carboxylic acids is 2. The van der Waals surface area contributed by atoms with Gasteiger partial charge in [-0.15, -0.1) is 0 Å². The number of benzene rings is 2. The summed E-state index contributed by atoms with van der Waals surface area (Å²) in [6, 6.07) is 15.3. The van der Waals surface area contributed by atoms with E-state index in [2.05, 4.69) is 15.7 Å². The highest BCUT2D eigenvalue weighted by molar-refractivity contribution is 5.95. The Kier molecular flexibility index (Phi) is 5.59. The van der Waals surface area contributed by atoms with Crippen molar-refractivity contribution in [2.24, 2.45) is 0 Å². The summed E-state index contributed by atoms with van der Waals surface area (Å²) in [6.45, 7) is 7.24. The number of hydrogen-bond acceptors (Lipinski definition) is 3. The maximum Gasteiger partial charge on any atom is 0.228 e. The third-order valence-corrected chi connectivity index (χ3v) is 4.61. The van der Waals surface area contributed by atoms with Crippen molar-refractivity contribution in [2.45, 2.75) is 34.1 Å². The Hall–Kier alpha value is -3.41. The number of amides is 2. The smallest absolute Gasteiger partial charge is 0.228 e. The lowest BCUT2D eigenvalue weighted by Crippen LogP contribution is -2.16. The second-order valence-electron chi connectivity index (χ2n) is 6.83. The van der Waals surface area contributed by atoms with Gasteiger partial charge in [-0.2, -0.15) is 5.10 Å². The van der Waals surface area contributed by atoms with Crippen molar-refractivity contribution in [3.8, 4) is 5.69 Å². The van der Waals surface area contributed by atoms with Crippen molar-refractivity contribution in [3.05, 3.63) is 71.0 Å². The van der Waals surface area contributed by atoms with Gasteiger partial charge >= 0.3 is 0 Å². The molecule has 0 unspecified atom stereocenters. The molecule has 1 heterocycles. The summed E-state index contributed by atoms with van der Waals surface area (Å²) in [7, 11) is 0. The Labute approximate surface area is 164 Å². The molecule has 0 spiro atoms. The topological polar surface area (TPSA) is 76.0 Å². The second kappa shape index (κ2) is 8.08. The van der Waals surface area contributed by atoms with E-state index < -0.39 is 0 Å². The SMILES string of the molecule is CC(=O)Nc1cc(NC(=O)Cc2c(C)nn(-c3ccccc3)c2C)ccc1C.